The van der Waals surface area contributed by atoms with Gasteiger partial charge in [-0.25, -0.2) is 9.59 Å². The minimum absolute atomic E-state index is 0.219. The smallest absolute Gasteiger partial charge is 0.326 e. The molecule has 160 valence electrons. The normalized spacial score (nSPS) is 13.1. The SMILES string of the molecule is CC(C)(C)C(NC(=O)C(Cc1ccccc1)NC(=O)Nc1ccc(Br)cc1)C(=O)O. The van der Waals surface area contributed by atoms with E-state index in [0.717, 1.165) is 10.0 Å². The fourth-order valence-corrected chi connectivity index (χ4v) is 3.07. The largest absolute Gasteiger partial charge is 0.480 e. The molecule has 8 heteroatoms. The molecular weight excluding hydrogens is 450 g/mol. The van der Waals surface area contributed by atoms with Gasteiger partial charge < -0.3 is 21.1 Å². The standard InChI is InChI=1S/C22H26BrN3O4/c1-22(2,3)18(20(28)29)26-19(27)17(13-14-7-5-4-6-8-14)25-21(30)24-16-11-9-15(23)10-12-16/h4-12,17-18H,13H2,1-3H3,(H,26,27)(H,28,29)(H2,24,25,30). The van der Waals surface area contributed by atoms with Crippen LogP contribution in [0.4, 0.5) is 10.5 Å². The molecule has 0 spiro atoms. The first-order chi connectivity index (χ1) is 14.1. The molecule has 30 heavy (non-hydrogen) atoms. The van der Waals surface area contributed by atoms with E-state index in [-0.39, 0.29) is 6.42 Å². The van der Waals surface area contributed by atoms with Crippen molar-refractivity contribution in [3.8, 4) is 0 Å². The number of benzene rings is 2. The van der Waals surface area contributed by atoms with Crippen LogP contribution in [-0.4, -0.2) is 35.1 Å². The molecule has 0 fully saturated rings. The Morgan fingerprint density at radius 1 is 0.967 bits per heavy atom. The highest BCUT2D eigenvalue weighted by Gasteiger charge is 2.34. The van der Waals surface area contributed by atoms with E-state index in [0.29, 0.717) is 5.69 Å². The number of nitrogens with one attached hydrogen (secondary N) is 3. The topological polar surface area (TPSA) is 108 Å². The number of hydrogen-bond acceptors (Lipinski definition) is 3. The molecule has 7 nitrogen and oxygen atoms in total. The quantitative estimate of drug-likeness (QED) is 0.488. The molecule has 3 amide bonds. The Balaban J connectivity index is 2.16. The van der Waals surface area contributed by atoms with E-state index >= 15 is 0 Å². The number of carboxylic acids is 1. The minimum Gasteiger partial charge on any atom is -0.480 e. The molecule has 2 rings (SSSR count). The van der Waals surface area contributed by atoms with Crippen LogP contribution in [0, 0.1) is 5.41 Å². The Bertz CT molecular complexity index is 880. The number of rotatable bonds is 7. The van der Waals surface area contributed by atoms with Gasteiger partial charge in [-0.2, -0.15) is 0 Å². The summed E-state index contributed by atoms with van der Waals surface area (Å²) in [6, 6.07) is 13.6. The summed E-state index contributed by atoms with van der Waals surface area (Å²) in [6.07, 6.45) is 0.219. The molecule has 2 aromatic rings. The van der Waals surface area contributed by atoms with Gasteiger partial charge in [0.1, 0.15) is 12.1 Å². The Kier molecular flexibility index (Phi) is 8.00. The van der Waals surface area contributed by atoms with Crippen molar-refractivity contribution < 1.29 is 19.5 Å². The first kappa shape index (κ1) is 23.4. The van der Waals surface area contributed by atoms with Crippen LogP contribution in [0.3, 0.4) is 0 Å². The average Bonchev–Trinajstić information content (AvgIpc) is 2.67. The number of aliphatic carboxylic acids is 1. The summed E-state index contributed by atoms with van der Waals surface area (Å²) in [6.45, 7) is 5.18. The van der Waals surface area contributed by atoms with E-state index < -0.39 is 35.4 Å². The first-order valence-electron chi connectivity index (χ1n) is 9.46. The predicted molar refractivity (Wildman–Crippen MR) is 119 cm³/mol. The third-order valence-electron chi connectivity index (χ3n) is 4.41. The van der Waals surface area contributed by atoms with Crippen LogP contribution in [0.2, 0.25) is 0 Å². The summed E-state index contributed by atoms with van der Waals surface area (Å²) in [5, 5.41) is 17.4. The van der Waals surface area contributed by atoms with Crippen molar-refractivity contribution in [1.82, 2.24) is 10.6 Å². The summed E-state index contributed by atoms with van der Waals surface area (Å²) in [5.41, 5.74) is 0.704. The van der Waals surface area contributed by atoms with Gasteiger partial charge in [0.2, 0.25) is 5.91 Å². The second kappa shape index (κ2) is 10.2. The summed E-state index contributed by atoms with van der Waals surface area (Å²) < 4.78 is 0.872. The lowest BCUT2D eigenvalue weighted by Crippen LogP contribution is -2.56. The maximum Gasteiger partial charge on any atom is 0.326 e. The minimum atomic E-state index is -1.13. The van der Waals surface area contributed by atoms with Gasteiger partial charge in [-0.3, -0.25) is 4.79 Å². The molecular formula is C22H26BrN3O4. The van der Waals surface area contributed by atoms with Gasteiger partial charge in [-0.15, -0.1) is 0 Å². The number of amides is 3. The van der Waals surface area contributed by atoms with Gasteiger partial charge in [0.05, 0.1) is 0 Å². The zero-order valence-electron chi connectivity index (χ0n) is 17.1. The first-order valence-corrected chi connectivity index (χ1v) is 10.3. The zero-order valence-corrected chi connectivity index (χ0v) is 18.7. The molecule has 0 saturated heterocycles. The molecule has 0 radical (unpaired) electrons. The van der Waals surface area contributed by atoms with Crippen LogP contribution in [0.15, 0.2) is 59.1 Å². The van der Waals surface area contributed by atoms with Crippen molar-refractivity contribution in [2.45, 2.75) is 39.3 Å². The Hall–Kier alpha value is -2.87. The van der Waals surface area contributed by atoms with Crippen molar-refractivity contribution in [2.24, 2.45) is 5.41 Å². The number of hydrogen-bond donors (Lipinski definition) is 4. The van der Waals surface area contributed by atoms with Gasteiger partial charge in [-0.1, -0.05) is 67.0 Å². The highest BCUT2D eigenvalue weighted by atomic mass is 79.9. The van der Waals surface area contributed by atoms with Crippen LogP contribution in [0.25, 0.3) is 0 Å². The third-order valence-corrected chi connectivity index (χ3v) is 4.93. The molecule has 0 saturated carbocycles. The van der Waals surface area contributed by atoms with Crippen molar-refractivity contribution in [2.75, 3.05) is 5.32 Å². The monoisotopic (exact) mass is 475 g/mol. The highest BCUT2D eigenvalue weighted by Crippen LogP contribution is 2.20. The zero-order chi connectivity index (χ0) is 22.3. The van der Waals surface area contributed by atoms with Gasteiger partial charge in [0.25, 0.3) is 0 Å². The number of carbonyl (C=O) groups excluding carboxylic acids is 2. The molecule has 0 heterocycles. The van der Waals surface area contributed by atoms with E-state index in [4.69, 9.17) is 0 Å². The van der Waals surface area contributed by atoms with Crippen molar-refractivity contribution in [3.63, 3.8) is 0 Å². The Morgan fingerprint density at radius 3 is 2.10 bits per heavy atom. The number of halogens is 1. The molecule has 0 aliphatic heterocycles. The van der Waals surface area contributed by atoms with Crippen LogP contribution >= 0.6 is 15.9 Å². The summed E-state index contributed by atoms with van der Waals surface area (Å²) in [5.74, 6) is -1.69. The highest BCUT2D eigenvalue weighted by molar-refractivity contribution is 9.10. The molecule has 0 bridgehead atoms. The van der Waals surface area contributed by atoms with Gasteiger partial charge in [-0.05, 0) is 35.2 Å². The number of urea groups is 1. The molecule has 2 unspecified atom stereocenters. The van der Waals surface area contributed by atoms with E-state index in [1.165, 1.54) is 0 Å². The van der Waals surface area contributed by atoms with E-state index in [1.54, 1.807) is 45.0 Å². The lowest BCUT2D eigenvalue weighted by Gasteiger charge is -2.29. The van der Waals surface area contributed by atoms with Crippen LogP contribution < -0.4 is 16.0 Å². The second-order valence-corrected chi connectivity index (χ2v) is 8.91. The summed E-state index contributed by atoms with van der Waals surface area (Å²) in [7, 11) is 0. The Labute approximate surface area is 184 Å². The average molecular weight is 476 g/mol. The Morgan fingerprint density at radius 2 is 1.57 bits per heavy atom. The fraction of sp³-hybridized carbons (Fsp3) is 0.318. The van der Waals surface area contributed by atoms with E-state index in [9.17, 15) is 19.5 Å². The second-order valence-electron chi connectivity index (χ2n) is 7.99. The molecule has 2 aromatic carbocycles. The number of carbonyl (C=O) groups is 3. The van der Waals surface area contributed by atoms with Gasteiger partial charge in [0, 0.05) is 16.6 Å². The van der Waals surface area contributed by atoms with Crippen molar-refractivity contribution in [1.29, 1.82) is 0 Å². The maximum atomic E-state index is 12.9. The predicted octanol–water partition coefficient (Wildman–Crippen LogP) is 3.80. The number of anilines is 1. The molecule has 2 atom stereocenters. The summed E-state index contributed by atoms with van der Waals surface area (Å²) in [4.78, 5) is 37.0. The molecule has 0 aliphatic rings. The molecule has 0 aromatic heterocycles. The van der Waals surface area contributed by atoms with E-state index in [1.807, 2.05) is 30.3 Å². The number of carboxylic acid groups (broad SMARTS) is 1. The maximum absolute atomic E-state index is 12.9. The third kappa shape index (κ3) is 7.18. The van der Waals surface area contributed by atoms with Crippen molar-refractivity contribution >= 4 is 39.5 Å². The van der Waals surface area contributed by atoms with Crippen molar-refractivity contribution in [3.05, 3.63) is 64.6 Å². The van der Waals surface area contributed by atoms with Gasteiger partial charge >= 0.3 is 12.0 Å². The van der Waals surface area contributed by atoms with Crippen LogP contribution in [0.1, 0.15) is 26.3 Å². The van der Waals surface area contributed by atoms with Crippen LogP contribution in [0.5, 0.6) is 0 Å². The van der Waals surface area contributed by atoms with Crippen LogP contribution in [-0.2, 0) is 16.0 Å². The molecule has 4 N–H and O–H groups in total. The summed E-state index contributed by atoms with van der Waals surface area (Å²) >= 11 is 3.33. The fourth-order valence-electron chi connectivity index (χ4n) is 2.81. The molecule has 0 aliphatic carbocycles. The van der Waals surface area contributed by atoms with E-state index in [2.05, 4.69) is 31.9 Å². The lowest BCUT2D eigenvalue weighted by molar-refractivity contribution is -0.145. The lowest BCUT2D eigenvalue weighted by atomic mass is 9.86. The van der Waals surface area contributed by atoms with Gasteiger partial charge in [0.15, 0.2) is 0 Å².